The summed E-state index contributed by atoms with van der Waals surface area (Å²) in [5.41, 5.74) is 4.89. The highest BCUT2D eigenvalue weighted by Gasteiger charge is 2.34. The molecule has 0 bridgehead atoms. The van der Waals surface area contributed by atoms with Crippen LogP contribution in [0.1, 0.15) is 12.6 Å². The maximum absolute atomic E-state index is 12.5. The molecule has 0 radical (unpaired) electrons. The van der Waals surface area contributed by atoms with Crippen molar-refractivity contribution in [1.29, 1.82) is 0 Å². The summed E-state index contributed by atoms with van der Waals surface area (Å²) in [5, 5.41) is 0. The third-order valence-corrected chi connectivity index (χ3v) is 2.89. The van der Waals surface area contributed by atoms with Crippen LogP contribution in [0.4, 0.5) is 19.1 Å². The Labute approximate surface area is 96.7 Å². The summed E-state index contributed by atoms with van der Waals surface area (Å²) >= 11 is 0. The van der Waals surface area contributed by atoms with Crippen LogP contribution in [0.15, 0.2) is 12.3 Å². The van der Waals surface area contributed by atoms with E-state index in [2.05, 4.69) is 9.97 Å². The molecule has 1 aromatic rings. The number of halogens is 3. The van der Waals surface area contributed by atoms with Gasteiger partial charge in [0.2, 0.25) is 5.95 Å². The van der Waals surface area contributed by atoms with E-state index in [0.29, 0.717) is 13.1 Å². The molecule has 1 aromatic heterocycles. The van der Waals surface area contributed by atoms with E-state index in [4.69, 9.17) is 5.73 Å². The van der Waals surface area contributed by atoms with E-state index in [-0.39, 0.29) is 17.9 Å². The van der Waals surface area contributed by atoms with Crippen molar-refractivity contribution in [3.05, 3.63) is 18.0 Å². The van der Waals surface area contributed by atoms with Gasteiger partial charge in [-0.1, -0.05) is 6.92 Å². The first-order valence-corrected chi connectivity index (χ1v) is 5.28. The molecule has 0 amide bonds. The first-order chi connectivity index (χ1) is 7.88. The molecule has 2 unspecified atom stereocenters. The van der Waals surface area contributed by atoms with Crippen LogP contribution in [-0.4, -0.2) is 29.1 Å². The lowest BCUT2D eigenvalue weighted by Crippen LogP contribution is -2.29. The van der Waals surface area contributed by atoms with Crippen molar-refractivity contribution in [1.82, 2.24) is 9.97 Å². The van der Waals surface area contributed by atoms with Crippen molar-refractivity contribution in [2.45, 2.75) is 19.1 Å². The second-order valence-corrected chi connectivity index (χ2v) is 4.29. The lowest BCUT2D eigenvalue weighted by molar-refractivity contribution is -0.141. The summed E-state index contributed by atoms with van der Waals surface area (Å²) < 4.78 is 37.4. The average Bonchev–Trinajstić information content (AvgIpc) is 2.58. The molecule has 1 fully saturated rings. The zero-order valence-corrected chi connectivity index (χ0v) is 9.28. The van der Waals surface area contributed by atoms with E-state index in [0.717, 1.165) is 12.3 Å². The van der Waals surface area contributed by atoms with Crippen molar-refractivity contribution in [3.8, 4) is 0 Å². The Morgan fingerprint density at radius 2 is 2.12 bits per heavy atom. The van der Waals surface area contributed by atoms with E-state index < -0.39 is 11.9 Å². The standard InChI is InChI=1S/C10H13F3N4/c1-6-4-17(5-7(6)14)9-15-3-2-8(16-9)10(11,12)13/h2-3,6-7H,4-5,14H2,1H3. The number of hydrogen-bond donors (Lipinski definition) is 1. The third kappa shape index (κ3) is 2.49. The Hall–Kier alpha value is -1.37. The average molecular weight is 246 g/mol. The minimum atomic E-state index is -4.44. The normalized spacial score (nSPS) is 25.4. The Bertz CT molecular complexity index is 397. The molecule has 2 atom stereocenters. The third-order valence-electron chi connectivity index (χ3n) is 2.89. The highest BCUT2D eigenvalue weighted by molar-refractivity contribution is 5.33. The van der Waals surface area contributed by atoms with Crippen molar-refractivity contribution < 1.29 is 13.2 Å². The molecule has 2 heterocycles. The first kappa shape index (κ1) is 12.1. The maximum atomic E-state index is 12.5. The van der Waals surface area contributed by atoms with Crippen LogP contribution in [0.25, 0.3) is 0 Å². The number of hydrogen-bond acceptors (Lipinski definition) is 4. The fraction of sp³-hybridized carbons (Fsp3) is 0.600. The summed E-state index contributed by atoms with van der Waals surface area (Å²) in [7, 11) is 0. The van der Waals surface area contributed by atoms with Crippen LogP contribution in [0.2, 0.25) is 0 Å². The van der Waals surface area contributed by atoms with E-state index in [1.54, 1.807) is 4.90 Å². The van der Waals surface area contributed by atoms with Gasteiger partial charge in [-0.2, -0.15) is 13.2 Å². The maximum Gasteiger partial charge on any atom is 0.433 e. The second-order valence-electron chi connectivity index (χ2n) is 4.29. The largest absolute Gasteiger partial charge is 0.433 e. The number of nitrogens with two attached hydrogens (primary N) is 1. The molecule has 1 aliphatic heterocycles. The molecule has 7 heteroatoms. The Morgan fingerprint density at radius 1 is 1.41 bits per heavy atom. The number of anilines is 1. The zero-order chi connectivity index (χ0) is 12.6. The number of nitrogens with zero attached hydrogens (tertiary/aromatic N) is 3. The van der Waals surface area contributed by atoms with Crippen molar-refractivity contribution in [3.63, 3.8) is 0 Å². The van der Waals surface area contributed by atoms with Gasteiger partial charge in [0.25, 0.3) is 0 Å². The Morgan fingerprint density at radius 3 is 2.65 bits per heavy atom. The quantitative estimate of drug-likeness (QED) is 0.811. The summed E-state index contributed by atoms with van der Waals surface area (Å²) in [6.07, 6.45) is -3.31. The van der Waals surface area contributed by atoms with Crippen molar-refractivity contribution in [2.24, 2.45) is 11.7 Å². The lowest BCUT2D eigenvalue weighted by atomic mass is 10.1. The molecule has 0 aromatic carbocycles. The predicted molar refractivity (Wildman–Crippen MR) is 56.4 cm³/mol. The molecule has 0 aliphatic carbocycles. The van der Waals surface area contributed by atoms with Crippen LogP contribution in [0, 0.1) is 5.92 Å². The predicted octanol–water partition coefficient (Wildman–Crippen LogP) is 1.28. The molecule has 0 spiro atoms. The van der Waals surface area contributed by atoms with E-state index in [9.17, 15) is 13.2 Å². The van der Waals surface area contributed by atoms with E-state index in [1.807, 2.05) is 6.92 Å². The highest BCUT2D eigenvalue weighted by atomic mass is 19.4. The highest BCUT2D eigenvalue weighted by Crippen LogP contribution is 2.29. The number of rotatable bonds is 1. The second kappa shape index (κ2) is 4.14. The van der Waals surface area contributed by atoms with Crippen LogP contribution in [0.5, 0.6) is 0 Å². The molecular formula is C10H13F3N4. The fourth-order valence-corrected chi connectivity index (χ4v) is 1.81. The summed E-state index contributed by atoms with van der Waals surface area (Å²) in [5.74, 6) is 0.327. The Kier molecular flexibility index (Phi) is 2.94. The van der Waals surface area contributed by atoms with Crippen molar-refractivity contribution >= 4 is 5.95 Å². The molecular weight excluding hydrogens is 233 g/mol. The molecule has 2 N–H and O–H groups in total. The van der Waals surface area contributed by atoms with Gasteiger partial charge >= 0.3 is 6.18 Å². The molecule has 4 nitrogen and oxygen atoms in total. The van der Waals surface area contributed by atoms with Gasteiger partial charge in [0, 0.05) is 25.3 Å². The minimum Gasteiger partial charge on any atom is -0.339 e. The van der Waals surface area contributed by atoms with Gasteiger partial charge in [-0.05, 0) is 12.0 Å². The number of aromatic nitrogens is 2. The topological polar surface area (TPSA) is 55.0 Å². The molecule has 0 saturated carbocycles. The van der Waals surface area contributed by atoms with Crippen LogP contribution in [0.3, 0.4) is 0 Å². The van der Waals surface area contributed by atoms with Crippen LogP contribution < -0.4 is 10.6 Å². The monoisotopic (exact) mass is 246 g/mol. The van der Waals surface area contributed by atoms with Gasteiger partial charge in [0.05, 0.1) is 0 Å². The molecule has 2 rings (SSSR count). The van der Waals surface area contributed by atoms with Crippen molar-refractivity contribution in [2.75, 3.05) is 18.0 Å². The van der Waals surface area contributed by atoms with Gasteiger partial charge in [-0.25, -0.2) is 9.97 Å². The molecule has 17 heavy (non-hydrogen) atoms. The summed E-state index contributed by atoms with van der Waals surface area (Å²) in [4.78, 5) is 9.08. The minimum absolute atomic E-state index is 0.0480. The van der Waals surface area contributed by atoms with Gasteiger partial charge in [0.1, 0.15) is 5.69 Å². The molecule has 94 valence electrons. The smallest absolute Gasteiger partial charge is 0.339 e. The van der Waals surface area contributed by atoms with E-state index >= 15 is 0 Å². The molecule has 1 saturated heterocycles. The van der Waals surface area contributed by atoms with E-state index in [1.165, 1.54) is 0 Å². The SMILES string of the molecule is CC1CN(c2nccc(C(F)(F)F)n2)CC1N. The Balaban J connectivity index is 2.23. The summed E-state index contributed by atoms with van der Waals surface area (Å²) in [6.45, 7) is 3.03. The fourth-order valence-electron chi connectivity index (χ4n) is 1.81. The van der Waals surface area contributed by atoms with Gasteiger partial charge in [-0.3, -0.25) is 0 Å². The lowest BCUT2D eigenvalue weighted by Gasteiger charge is -2.16. The summed E-state index contributed by atoms with van der Waals surface area (Å²) in [6, 6.07) is 0.816. The first-order valence-electron chi connectivity index (χ1n) is 5.28. The van der Waals surface area contributed by atoms with Crippen LogP contribution >= 0.6 is 0 Å². The zero-order valence-electron chi connectivity index (χ0n) is 9.28. The number of alkyl halides is 3. The van der Waals surface area contributed by atoms with Gasteiger partial charge in [0.15, 0.2) is 0 Å². The molecule has 1 aliphatic rings. The van der Waals surface area contributed by atoms with Gasteiger partial charge < -0.3 is 10.6 Å². The van der Waals surface area contributed by atoms with Crippen LogP contribution in [-0.2, 0) is 6.18 Å². The van der Waals surface area contributed by atoms with Gasteiger partial charge in [-0.15, -0.1) is 0 Å².